The Hall–Kier alpha value is -0.0400. The van der Waals surface area contributed by atoms with Crippen molar-refractivity contribution in [1.29, 1.82) is 0 Å². The molecule has 0 saturated carbocycles. The van der Waals surface area contributed by atoms with Gasteiger partial charge in [0.05, 0.1) is 6.10 Å². The lowest BCUT2D eigenvalue weighted by molar-refractivity contribution is 0.0691. The van der Waals surface area contributed by atoms with Crippen LogP contribution in [0.2, 0.25) is 0 Å². The van der Waals surface area contributed by atoms with E-state index in [-0.39, 0.29) is 6.10 Å². The lowest BCUT2D eigenvalue weighted by atomic mass is 9.86. The van der Waals surface area contributed by atoms with Gasteiger partial charge in [0.25, 0.3) is 0 Å². The molecule has 0 rings (SSSR count). The summed E-state index contributed by atoms with van der Waals surface area (Å²) < 4.78 is 0. The van der Waals surface area contributed by atoms with E-state index in [0.717, 1.165) is 6.42 Å². The van der Waals surface area contributed by atoms with E-state index in [1.165, 1.54) is 12.8 Å². The van der Waals surface area contributed by atoms with Gasteiger partial charge in [-0.2, -0.15) is 0 Å². The number of hydrogen-bond donors (Lipinski definition) is 1. The molecule has 3 unspecified atom stereocenters. The second-order valence-corrected chi connectivity index (χ2v) is 4.80. The van der Waals surface area contributed by atoms with Crippen LogP contribution in [0.15, 0.2) is 0 Å². The molecule has 0 aromatic heterocycles. The van der Waals surface area contributed by atoms with Gasteiger partial charge < -0.3 is 5.11 Å². The minimum atomic E-state index is -0.110. The van der Waals surface area contributed by atoms with E-state index in [9.17, 15) is 5.11 Å². The smallest absolute Gasteiger partial charge is 0.0570 e. The largest absolute Gasteiger partial charge is 0.393 e. The Morgan fingerprint density at radius 3 is 2.00 bits per heavy atom. The van der Waals surface area contributed by atoms with Gasteiger partial charge in [0.15, 0.2) is 0 Å². The first-order chi connectivity index (χ1) is 5.99. The molecule has 3 atom stereocenters. The fourth-order valence-corrected chi connectivity index (χ4v) is 1.68. The van der Waals surface area contributed by atoms with Crippen molar-refractivity contribution in [2.24, 2.45) is 17.8 Å². The van der Waals surface area contributed by atoms with Crippen LogP contribution in [0.5, 0.6) is 0 Å². The number of rotatable bonds is 6. The van der Waals surface area contributed by atoms with Gasteiger partial charge in [0, 0.05) is 0 Å². The van der Waals surface area contributed by atoms with Crippen molar-refractivity contribution in [1.82, 2.24) is 0 Å². The molecule has 0 aromatic rings. The van der Waals surface area contributed by atoms with Crippen LogP contribution in [0, 0.1) is 17.8 Å². The van der Waals surface area contributed by atoms with Crippen LogP contribution >= 0.6 is 0 Å². The summed E-state index contributed by atoms with van der Waals surface area (Å²) in [4.78, 5) is 0. The van der Waals surface area contributed by atoms with Gasteiger partial charge in [-0.25, -0.2) is 0 Å². The summed E-state index contributed by atoms with van der Waals surface area (Å²) in [5.74, 6) is 1.68. The first kappa shape index (κ1) is 13.0. The Kier molecular flexibility index (Phi) is 6.40. The van der Waals surface area contributed by atoms with Gasteiger partial charge in [-0.15, -0.1) is 0 Å². The quantitative estimate of drug-likeness (QED) is 0.673. The number of aliphatic hydroxyl groups excluding tert-OH is 1. The first-order valence-electron chi connectivity index (χ1n) is 5.67. The van der Waals surface area contributed by atoms with E-state index in [0.29, 0.717) is 17.8 Å². The molecule has 0 saturated heterocycles. The summed E-state index contributed by atoms with van der Waals surface area (Å²) in [6.45, 7) is 10.9. The molecule has 0 fully saturated rings. The van der Waals surface area contributed by atoms with E-state index in [4.69, 9.17) is 0 Å². The topological polar surface area (TPSA) is 20.2 Å². The summed E-state index contributed by atoms with van der Waals surface area (Å²) >= 11 is 0. The van der Waals surface area contributed by atoms with E-state index < -0.39 is 0 Å². The van der Waals surface area contributed by atoms with E-state index in [2.05, 4.69) is 34.6 Å². The molecule has 0 bridgehead atoms. The first-order valence-corrected chi connectivity index (χ1v) is 5.67. The molecule has 13 heavy (non-hydrogen) atoms. The van der Waals surface area contributed by atoms with Crippen molar-refractivity contribution in [2.75, 3.05) is 0 Å². The zero-order valence-corrected chi connectivity index (χ0v) is 9.88. The zero-order valence-electron chi connectivity index (χ0n) is 9.88. The molecule has 0 heterocycles. The predicted octanol–water partition coefficient (Wildman–Crippen LogP) is 3.47. The maximum absolute atomic E-state index is 9.89. The highest BCUT2D eigenvalue weighted by molar-refractivity contribution is 4.70. The molecule has 1 nitrogen and oxygen atoms in total. The molecule has 0 spiro atoms. The molecule has 0 radical (unpaired) electrons. The summed E-state index contributed by atoms with van der Waals surface area (Å²) in [7, 11) is 0. The minimum absolute atomic E-state index is 0.110. The second-order valence-electron chi connectivity index (χ2n) is 4.80. The highest BCUT2D eigenvalue weighted by Gasteiger charge is 2.19. The number of hydrogen-bond acceptors (Lipinski definition) is 1. The number of aliphatic hydroxyl groups is 1. The third kappa shape index (κ3) is 5.30. The Morgan fingerprint density at radius 1 is 1.08 bits per heavy atom. The van der Waals surface area contributed by atoms with Gasteiger partial charge >= 0.3 is 0 Å². The molecule has 0 aliphatic rings. The Bertz CT molecular complexity index is 120. The zero-order chi connectivity index (χ0) is 10.4. The second kappa shape index (κ2) is 6.42. The summed E-state index contributed by atoms with van der Waals surface area (Å²) in [5, 5.41) is 9.89. The molecule has 0 aromatic carbocycles. The third-order valence-corrected chi connectivity index (χ3v) is 3.08. The van der Waals surface area contributed by atoms with Crippen LogP contribution in [0.4, 0.5) is 0 Å². The summed E-state index contributed by atoms with van der Waals surface area (Å²) in [6, 6.07) is 0. The van der Waals surface area contributed by atoms with Crippen molar-refractivity contribution >= 4 is 0 Å². The van der Waals surface area contributed by atoms with Gasteiger partial charge in [-0.1, -0.05) is 47.5 Å². The SMILES string of the molecule is CCCC(C)CC(O)C(C)C(C)C. The van der Waals surface area contributed by atoms with Crippen LogP contribution < -0.4 is 0 Å². The van der Waals surface area contributed by atoms with E-state index in [1.54, 1.807) is 0 Å². The van der Waals surface area contributed by atoms with E-state index >= 15 is 0 Å². The minimum Gasteiger partial charge on any atom is -0.393 e. The van der Waals surface area contributed by atoms with Crippen molar-refractivity contribution in [3.63, 3.8) is 0 Å². The fraction of sp³-hybridized carbons (Fsp3) is 1.00. The van der Waals surface area contributed by atoms with Crippen molar-refractivity contribution < 1.29 is 5.11 Å². The maximum atomic E-state index is 9.89. The van der Waals surface area contributed by atoms with Crippen molar-refractivity contribution in [2.45, 2.75) is 60.0 Å². The summed E-state index contributed by atoms with van der Waals surface area (Å²) in [6.07, 6.45) is 3.32. The summed E-state index contributed by atoms with van der Waals surface area (Å²) in [5.41, 5.74) is 0. The van der Waals surface area contributed by atoms with Gasteiger partial charge in [0.1, 0.15) is 0 Å². The average Bonchev–Trinajstić information content (AvgIpc) is 2.03. The highest BCUT2D eigenvalue weighted by atomic mass is 16.3. The molecular formula is C12H26O. The lowest BCUT2D eigenvalue weighted by Crippen LogP contribution is -2.24. The average molecular weight is 186 g/mol. The Morgan fingerprint density at radius 2 is 1.62 bits per heavy atom. The van der Waals surface area contributed by atoms with Gasteiger partial charge in [-0.3, -0.25) is 0 Å². The van der Waals surface area contributed by atoms with E-state index in [1.807, 2.05) is 0 Å². The Balaban J connectivity index is 3.77. The maximum Gasteiger partial charge on any atom is 0.0570 e. The normalized spacial score (nSPS) is 18.7. The molecule has 80 valence electrons. The van der Waals surface area contributed by atoms with Crippen LogP contribution in [-0.4, -0.2) is 11.2 Å². The molecule has 1 N–H and O–H groups in total. The molecule has 0 amide bonds. The lowest BCUT2D eigenvalue weighted by Gasteiger charge is -2.24. The van der Waals surface area contributed by atoms with Crippen LogP contribution in [0.3, 0.4) is 0 Å². The van der Waals surface area contributed by atoms with Crippen molar-refractivity contribution in [3.05, 3.63) is 0 Å². The van der Waals surface area contributed by atoms with Gasteiger partial charge in [0.2, 0.25) is 0 Å². The highest BCUT2D eigenvalue weighted by Crippen LogP contribution is 2.22. The monoisotopic (exact) mass is 186 g/mol. The van der Waals surface area contributed by atoms with Crippen molar-refractivity contribution in [3.8, 4) is 0 Å². The van der Waals surface area contributed by atoms with Crippen LogP contribution in [0.1, 0.15) is 53.9 Å². The standard InChI is InChI=1S/C12H26O/c1-6-7-10(4)8-12(13)11(5)9(2)3/h9-13H,6-8H2,1-5H3. The molecule has 0 aliphatic carbocycles. The molecule has 0 aliphatic heterocycles. The fourth-order valence-electron chi connectivity index (χ4n) is 1.68. The Labute approximate surface area is 83.5 Å². The predicted molar refractivity (Wildman–Crippen MR) is 58.7 cm³/mol. The van der Waals surface area contributed by atoms with Crippen LogP contribution in [-0.2, 0) is 0 Å². The molecule has 1 heteroatoms. The third-order valence-electron chi connectivity index (χ3n) is 3.08. The van der Waals surface area contributed by atoms with Gasteiger partial charge in [-0.05, 0) is 24.2 Å². The van der Waals surface area contributed by atoms with Crippen LogP contribution in [0.25, 0.3) is 0 Å². The molecular weight excluding hydrogens is 160 g/mol.